The second kappa shape index (κ2) is 6.05. The minimum Gasteiger partial charge on any atom is -0.356 e. The fraction of sp³-hybridized carbons (Fsp3) is 0.222. The molecule has 0 radical (unpaired) electrons. The van der Waals surface area contributed by atoms with Gasteiger partial charge in [-0.05, 0) is 55.7 Å². The maximum Gasteiger partial charge on any atom is 0.230 e. The highest BCUT2D eigenvalue weighted by atomic mass is 35.5. The zero-order chi connectivity index (χ0) is 16.6. The molecular formula is C18H17ClN2O2. The maximum atomic E-state index is 12.3. The van der Waals surface area contributed by atoms with Crippen molar-refractivity contribution in [2.24, 2.45) is 0 Å². The van der Waals surface area contributed by atoms with Crippen LogP contribution in [0.4, 0.5) is 5.69 Å². The molecule has 118 valence electrons. The molecule has 0 fully saturated rings. The first-order valence-electron chi connectivity index (χ1n) is 7.35. The molecule has 0 atom stereocenters. The number of hydrogen-bond acceptors (Lipinski definition) is 3. The van der Waals surface area contributed by atoms with Crippen LogP contribution in [0.3, 0.4) is 0 Å². The van der Waals surface area contributed by atoms with Crippen molar-refractivity contribution in [2.75, 3.05) is 5.32 Å². The lowest BCUT2D eigenvalue weighted by atomic mass is 10.0. The zero-order valence-corrected chi connectivity index (χ0v) is 14.0. The number of carbonyl (C=O) groups is 1. The number of halogens is 1. The summed E-state index contributed by atoms with van der Waals surface area (Å²) in [6, 6.07) is 9.39. The second-order valence-electron chi connectivity index (χ2n) is 5.77. The van der Waals surface area contributed by atoms with Gasteiger partial charge in [0.25, 0.3) is 0 Å². The molecule has 3 rings (SSSR count). The first-order valence-corrected chi connectivity index (χ1v) is 7.73. The fourth-order valence-electron chi connectivity index (χ4n) is 2.72. The average molecular weight is 329 g/mol. The van der Waals surface area contributed by atoms with Crippen LogP contribution >= 0.6 is 11.6 Å². The van der Waals surface area contributed by atoms with Gasteiger partial charge in [0.2, 0.25) is 5.91 Å². The van der Waals surface area contributed by atoms with Gasteiger partial charge in [0.05, 0.1) is 6.42 Å². The molecule has 1 N–H and O–H groups in total. The molecule has 0 saturated heterocycles. The molecule has 0 unspecified atom stereocenters. The van der Waals surface area contributed by atoms with Crippen LogP contribution in [0, 0.1) is 20.8 Å². The van der Waals surface area contributed by atoms with Gasteiger partial charge in [0, 0.05) is 16.1 Å². The molecular weight excluding hydrogens is 312 g/mol. The first-order chi connectivity index (χ1) is 10.9. The molecule has 23 heavy (non-hydrogen) atoms. The van der Waals surface area contributed by atoms with Crippen molar-refractivity contribution < 1.29 is 9.32 Å². The van der Waals surface area contributed by atoms with E-state index < -0.39 is 0 Å². The summed E-state index contributed by atoms with van der Waals surface area (Å²) in [5.74, 6) is -0.148. The molecule has 0 bridgehead atoms. The van der Waals surface area contributed by atoms with Gasteiger partial charge in [0.1, 0.15) is 5.69 Å². The van der Waals surface area contributed by atoms with Crippen molar-refractivity contribution in [1.29, 1.82) is 0 Å². The monoisotopic (exact) mass is 328 g/mol. The van der Waals surface area contributed by atoms with E-state index in [-0.39, 0.29) is 12.3 Å². The summed E-state index contributed by atoms with van der Waals surface area (Å²) in [6.07, 6.45) is 0.156. The van der Waals surface area contributed by atoms with Crippen LogP contribution in [0.15, 0.2) is 34.9 Å². The predicted molar refractivity (Wildman–Crippen MR) is 92.0 cm³/mol. The minimum atomic E-state index is -0.148. The van der Waals surface area contributed by atoms with Crippen molar-refractivity contribution in [1.82, 2.24) is 5.16 Å². The van der Waals surface area contributed by atoms with Crippen LogP contribution in [0.1, 0.15) is 22.4 Å². The second-order valence-corrected chi connectivity index (χ2v) is 6.20. The number of benzene rings is 2. The molecule has 5 heteroatoms. The zero-order valence-electron chi connectivity index (χ0n) is 13.2. The summed E-state index contributed by atoms with van der Waals surface area (Å²) in [7, 11) is 0. The number of fused-ring (bicyclic) bond motifs is 1. The van der Waals surface area contributed by atoms with Crippen molar-refractivity contribution in [3.05, 3.63) is 57.7 Å². The number of carbonyl (C=O) groups excluding carboxylic acids is 1. The summed E-state index contributed by atoms with van der Waals surface area (Å²) < 4.78 is 5.35. The fourth-order valence-corrected chi connectivity index (χ4v) is 2.89. The lowest BCUT2D eigenvalue weighted by Gasteiger charge is -2.08. The van der Waals surface area contributed by atoms with E-state index in [9.17, 15) is 4.79 Å². The van der Waals surface area contributed by atoms with E-state index in [1.54, 1.807) is 12.1 Å². The maximum absolute atomic E-state index is 12.3. The largest absolute Gasteiger partial charge is 0.356 e. The third-order valence-corrected chi connectivity index (χ3v) is 4.02. The number of aryl methyl sites for hydroxylation is 3. The Morgan fingerprint density at radius 1 is 1.17 bits per heavy atom. The van der Waals surface area contributed by atoms with Crippen LogP contribution < -0.4 is 5.32 Å². The molecule has 0 aliphatic heterocycles. The van der Waals surface area contributed by atoms with Gasteiger partial charge in [-0.3, -0.25) is 4.79 Å². The van der Waals surface area contributed by atoms with E-state index >= 15 is 0 Å². The molecule has 3 aromatic rings. The molecule has 2 aromatic carbocycles. The molecule has 0 spiro atoms. The Morgan fingerprint density at radius 3 is 2.74 bits per heavy atom. The van der Waals surface area contributed by atoms with Crippen LogP contribution in [-0.2, 0) is 11.2 Å². The molecule has 0 saturated carbocycles. The van der Waals surface area contributed by atoms with Gasteiger partial charge in [-0.2, -0.15) is 0 Å². The molecule has 1 aromatic heterocycles. The highest BCUT2D eigenvalue weighted by molar-refractivity contribution is 6.31. The van der Waals surface area contributed by atoms with Gasteiger partial charge >= 0.3 is 0 Å². The van der Waals surface area contributed by atoms with Crippen LogP contribution in [0.25, 0.3) is 11.0 Å². The van der Waals surface area contributed by atoms with Crippen molar-refractivity contribution in [3.63, 3.8) is 0 Å². The summed E-state index contributed by atoms with van der Waals surface area (Å²) in [5.41, 5.74) is 5.20. The highest BCUT2D eigenvalue weighted by Crippen LogP contribution is 2.25. The number of amides is 1. The van der Waals surface area contributed by atoms with Crippen LogP contribution in [0.5, 0.6) is 0 Å². The number of anilines is 1. The van der Waals surface area contributed by atoms with Gasteiger partial charge < -0.3 is 9.84 Å². The number of hydrogen-bond donors (Lipinski definition) is 1. The van der Waals surface area contributed by atoms with Crippen molar-refractivity contribution >= 4 is 34.2 Å². The molecule has 0 aliphatic carbocycles. The Balaban J connectivity index is 1.85. The smallest absolute Gasteiger partial charge is 0.230 e. The highest BCUT2D eigenvalue weighted by Gasteiger charge is 2.15. The van der Waals surface area contributed by atoms with Gasteiger partial charge in [-0.1, -0.05) is 28.9 Å². The van der Waals surface area contributed by atoms with Crippen molar-refractivity contribution in [2.45, 2.75) is 27.2 Å². The Hall–Kier alpha value is -2.33. The number of nitrogens with zero attached hydrogens (tertiary/aromatic N) is 1. The molecule has 4 nitrogen and oxygen atoms in total. The van der Waals surface area contributed by atoms with Crippen molar-refractivity contribution in [3.8, 4) is 0 Å². The number of aromatic nitrogens is 1. The minimum absolute atomic E-state index is 0.148. The quantitative estimate of drug-likeness (QED) is 0.765. The number of nitrogens with one attached hydrogen (secondary N) is 1. The van der Waals surface area contributed by atoms with E-state index in [0.29, 0.717) is 22.0 Å². The Morgan fingerprint density at radius 2 is 1.96 bits per heavy atom. The van der Waals surface area contributed by atoms with Crippen LogP contribution in [0.2, 0.25) is 5.02 Å². The summed E-state index contributed by atoms with van der Waals surface area (Å²) >= 11 is 5.98. The Labute approximate surface area is 139 Å². The lowest BCUT2D eigenvalue weighted by molar-refractivity contribution is -0.115. The standard InChI is InChI=1S/C18H17ClN2O2/c1-10-6-12(3)18-15(21-23-16(18)7-10)9-17(22)20-14-8-13(19)5-4-11(14)2/h4-8H,9H2,1-3H3,(H,20,22). The van der Waals surface area contributed by atoms with E-state index in [1.165, 1.54) is 0 Å². The van der Waals surface area contributed by atoms with E-state index in [2.05, 4.69) is 16.5 Å². The third-order valence-electron chi connectivity index (χ3n) is 3.79. The Bertz CT molecular complexity index is 899. The summed E-state index contributed by atoms with van der Waals surface area (Å²) in [6.45, 7) is 5.92. The first kappa shape index (κ1) is 15.6. The number of rotatable bonds is 3. The van der Waals surface area contributed by atoms with E-state index in [4.69, 9.17) is 16.1 Å². The Kier molecular flexibility index (Phi) is 4.09. The van der Waals surface area contributed by atoms with E-state index in [0.717, 1.165) is 22.1 Å². The van der Waals surface area contributed by atoms with E-state index in [1.807, 2.05) is 32.9 Å². The average Bonchev–Trinajstić information content (AvgIpc) is 2.85. The molecule has 1 amide bonds. The SMILES string of the molecule is Cc1cc(C)c2c(CC(=O)Nc3cc(Cl)ccc3C)noc2c1. The topological polar surface area (TPSA) is 55.1 Å². The van der Waals surface area contributed by atoms with Gasteiger partial charge in [-0.25, -0.2) is 0 Å². The lowest BCUT2D eigenvalue weighted by Crippen LogP contribution is -2.15. The normalized spacial score (nSPS) is 11.0. The van der Waals surface area contributed by atoms with Gasteiger partial charge in [-0.15, -0.1) is 0 Å². The predicted octanol–water partition coefficient (Wildman–Crippen LogP) is 4.59. The van der Waals surface area contributed by atoms with Crippen LogP contribution in [-0.4, -0.2) is 11.1 Å². The summed E-state index contributed by atoms with van der Waals surface area (Å²) in [4.78, 5) is 12.3. The summed E-state index contributed by atoms with van der Waals surface area (Å²) in [5, 5.41) is 8.43. The molecule has 0 aliphatic rings. The third kappa shape index (κ3) is 3.22. The molecule has 1 heterocycles. The van der Waals surface area contributed by atoms with Gasteiger partial charge in [0.15, 0.2) is 5.58 Å².